The number of nitrogens with zero attached hydrogens (tertiary/aromatic N) is 1. The Labute approximate surface area is 144 Å². The van der Waals surface area contributed by atoms with Gasteiger partial charge in [-0.2, -0.15) is 0 Å². The molecule has 0 saturated carbocycles. The third-order valence-electron chi connectivity index (χ3n) is 3.62. The first kappa shape index (κ1) is 16.3. The first-order valence-electron chi connectivity index (χ1n) is 7.52. The van der Waals surface area contributed by atoms with Crippen molar-refractivity contribution in [2.75, 3.05) is 17.6 Å². The second-order valence-corrected chi connectivity index (χ2v) is 6.53. The second-order valence-electron chi connectivity index (χ2n) is 5.37. The lowest BCUT2D eigenvalue weighted by molar-refractivity contribution is -0.114. The van der Waals surface area contributed by atoms with E-state index in [-0.39, 0.29) is 17.7 Å². The largest absolute Gasteiger partial charge is 0.326 e. The molecule has 5 nitrogen and oxygen atoms in total. The summed E-state index contributed by atoms with van der Waals surface area (Å²) in [7, 11) is 0. The third kappa shape index (κ3) is 3.33. The SMILES string of the molecule is CC(=O)Nc1cccc(SCCN2C(=O)c3ccccc3C2=O)c1. The molecule has 3 rings (SSSR count). The standard InChI is InChI=1S/C18H16N2O3S/c1-12(21)19-13-5-4-6-14(11-13)24-10-9-20-17(22)15-7-2-3-8-16(15)18(20)23/h2-8,11H,9-10H2,1H3,(H,19,21). The zero-order valence-electron chi connectivity index (χ0n) is 13.1. The summed E-state index contributed by atoms with van der Waals surface area (Å²) in [4.78, 5) is 37.9. The second kappa shape index (κ2) is 6.88. The normalized spacial score (nSPS) is 13.1. The van der Waals surface area contributed by atoms with Crippen LogP contribution in [0.15, 0.2) is 53.4 Å². The Morgan fingerprint density at radius 2 is 1.71 bits per heavy atom. The Balaban J connectivity index is 1.61. The van der Waals surface area contributed by atoms with Crippen molar-refractivity contribution in [3.63, 3.8) is 0 Å². The summed E-state index contributed by atoms with van der Waals surface area (Å²) in [6.07, 6.45) is 0. The lowest BCUT2D eigenvalue weighted by Gasteiger charge is -2.13. The van der Waals surface area contributed by atoms with Crippen LogP contribution in [0.4, 0.5) is 5.69 Å². The molecule has 2 aromatic carbocycles. The number of anilines is 1. The van der Waals surface area contributed by atoms with E-state index < -0.39 is 0 Å². The minimum Gasteiger partial charge on any atom is -0.326 e. The Morgan fingerprint density at radius 3 is 2.33 bits per heavy atom. The van der Waals surface area contributed by atoms with Gasteiger partial charge < -0.3 is 5.32 Å². The summed E-state index contributed by atoms with van der Waals surface area (Å²) in [5, 5.41) is 2.73. The van der Waals surface area contributed by atoms with E-state index in [0.717, 1.165) is 10.6 Å². The first-order chi connectivity index (χ1) is 11.6. The highest BCUT2D eigenvalue weighted by Crippen LogP contribution is 2.25. The molecule has 0 fully saturated rings. The van der Waals surface area contributed by atoms with E-state index in [1.165, 1.54) is 23.6 Å². The fraction of sp³-hybridized carbons (Fsp3) is 0.167. The Hall–Kier alpha value is -2.60. The van der Waals surface area contributed by atoms with Crippen molar-refractivity contribution in [1.82, 2.24) is 4.90 Å². The lowest BCUT2D eigenvalue weighted by Crippen LogP contribution is -2.31. The molecule has 0 atom stereocenters. The van der Waals surface area contributed by atoms with Gasteiger partial charge in [0.2, 0.25) is 5.91 Å². The van der Waals surface area contributed by atoms with Crippen LogP contribution < -0.4 is 5.32 Å². The van der Waals surface area contributed by atoms with Crippen LogP contribution in [-0.4, -0.2) is 34.9 Å². The van der Waals surface area contributed by atoms with Crippen molar-refractivity contribution in [3.8, 4) is 0 Å². The fourth-order valence-corrected chi connectivity index (χ4v) is 3.46. The van der Waals surface area contributed by atoms with Gasteiger partial charge in [0.1, 0.15) is 0 Å². The number of amides is 3. The van der Waals surface area contributed by atoms with Gasteiger partial charge in [-0.15, -0.1) is 11.8 Å². The zero-order chi connectivity index (χ0) is 17.1. The number of imide groups is 1. The number of carbonyl (C=O) groups is 3. The van der Waals surface area contributed by atoms with Gasteiger partial charge in [0.15, 0.2) is 0 Å². The fourth-order valence-electron chi connectivity index (χ4n) is 2.56. The van der Waals surface area contributed by atoms with E-state index in [1.54, 1.807) is 24.3 Å². The molecule has 24 heavy (non-hydrogen) atoms. The predicted molar refractivity (Wildman–Crippen MR) is 93.3 cm³/mol. The Kier molecular flexibility index (Phi) is 4.66. The first-order valence-corrected chi connectivity index (χ1v) is 8.50. The van der Waals surface area contributed by atoms with Crippen LogP contribution in [0.1, 0.15) is 27.6 Å². The summed E-state index contributed by atoms with van der Waals surface area (Å²) < 4.78 is 0. The maximum Gasteiger partial charge on any atom is 0.261 e. The monoisotopic (exact) mass is 340 g/mol. The average Bonchev–Trinajstić information content (AvgIpc) is 2.80. The topological polar surface area (TPSA) is 66.5 Å². The molecule has 2 aromatic rings. The highest BCUT2D eigenvalue weighted by atomic mass is 32.2. The summed E-state index contributed by atoms with van der Waals surface area (Å²) in [6.45, 7) is 1.81. The van der Waals surface area contributed by atoms with Crippen molar-refractivity contribution in [1.29, 1.82) is 0 Å². The van der Waals surface area contributed by atoms with Gasteiger partial charge in [0.05, 0.1) is 11.1 Å². The molecular weight excluding hydrogens is 324 g/mol. The van der Waals surface area contributed by atoms with Crippen molar-refractivity contribution in [3.05, 3.63) is 59.7 Å². The predicted octanol–water partition coefficient (Wildman–Crippen LogP) is 3.03. The molecule has 3 amide bonds. The molecule has 6 heteroatoms. The molecule has 0 bridgehead atoms. The highest BCUT2D eigenvalue weighted by Gasteiger charge is 2.34. The molecule has 1 heterocycles. The minimum absolute atomic E-state index is 0.122. The number of benzene rings is 2. The maximum absolute atomic E-state index is 12.3. The van der Waals surface area contributed by atoms with Crippen LogP contribution in [0.5, 0.6) is 0 Å². The molecule has 1 aliphatic rings. The van der Waals surface area contributed by atoms with E-state index in [9.17, 15) is 14.4 Å². The van der Waals surface area contributed by atoms with E-state index >= 15 is 0 Å². The zero-order valence-corrected chi connectivity index (χ0v) is 13.9. The lowest BCUT2D eigenvalue weighted by atomic mass is 10.1. The van der Waals surface area contributed by atoms with Gasteiger partial charge in [-0.3, -0.25) is 19.3 Å². The van der Waals surface area contributed by atoms with Crippen LogP contribution in [-0.2, 0) is 4.79 Å². The van der Waals surface area contributed by atoms with Crippen LogP contribution in [0.2, 0.25) is 0 Å². The van der Waals surface area contributed by atoms with Crippen molar-refractivity contribution in [2.45, 2.75) is 11.8 Å². The van der Waals surface area contributed by atoms with Crippen LogP contribution in [0.3, 0.4) is 0 Å². The maximum atomic E-state index is 12.3. The average molecular weight is 340 g/mol. The third-order valence-corrected chi connectivity index (χ3v) is 4.59. The number of rotatable bonds is 5. The molecule has 1 N–H and O–H groups in total. The molecular formula is C18H16N2O3S. The Morgan fingerprint density at radius 1 is 1.04 bits per heavy atom. The van der Waals surface area contributed by atoms with E-state index in [4.69, 9.17) is 0 Å². The number of nitrogens with one attached hydrogen (secondary N) is 1. The summed E-state index contributed by atoms with van der Waals surface area (Å²) in [6, 6.07) is 14.4. The van der Waals surface area contributed by atoms with Gasteiger partial charge in [-0.25, -0.2) is 0 Å². The summed E-state index contributed by atoms with van der Waals surface area (Å²) in [5.41, 5.74) is 1.67. The van der Waals surface area contributed by atoms with Crippen molar-refractivity contribution < 1.29 is 14.4 Å². The summed E-state index contributed by atoms with van der Waals surface area (Å²) >= 11 is 1.53. The molecule has 0 unspecified atom stereocenters. The molecule has 122 valence electrons. The highest BCUT2D eigenvalue weighted by molar-refractivity contribution is 7.99. The van der Waals surface area contributed by atoms with Gasteiger partial charge >= 0.3 is 0 Å². The van der Waals surface area contributed by atoms with Crippen LogP contribution in [0, 0.1) is 0 Å². The molecule has 0 saturated heterocycles. The number of fused-ring (bicyclic) bond motifs is 1. The Bertz CT molecular complexity index is 784. The number of hydrogen-bond acceptors (Lipinski definition) is 4. The quantitative estimate of drug-likeness (QED) is 0.671. The molecule has 0 radical (unpaired) electrons. The molecule has 0 aliphatic carbocycles. The van der Waals surface area contributed by atoms with Crippen LogP contribution >= 0.6 is 11.8 Å². The van der Waals surface area contributed by atoms with E-state index in [0.29, 0.717) is 23.4 Å². The van der Waals surface area contributed by atoms with Gasteiger partial charge in [0, 0.05) is 29.8 Å². The van der Waals surface area contributed by atoms with E-state index in [1.807, 2.05) is 24.3 Å². The minimum atomic E-state index is -0.233. The van der Waals surface area contributed by atoms with Gasteiger partial charge in [0.25, 0.3) is 11.8 Å². The molecule has 0 spiro atoms. The van der Waals surface area contributed by atoms with Crippen molar-refractivity contribution in [2.24, 2.45) is 0 Å². The van der Waals surface area contributed by atoms with E-state index in [2.05, 4.69) is 5.32 Å². The van der Waals surface area contributed by atoms with Crippen LogP contribution in [0.25, 0.3) is 0 Å². The number of thioether (sulfide) groups is 1. The van der Waals surface area contributed by atoms with Gasteiger partial charge in [-0.1, -0.05) is 18.2 Å². The molecule has 1 aliphatic heterocycles. The molecule has 0 aromatic heterocycles. The van der Waals surface area contributed by atoms with Gasteiger partial charge in [-0.05, 0) is 30.3 Å². The smallest absolute Gasteiger partial charge is 0.261 e. The number of carbonyl (C=O) groups excluding carboxylic acids is 3. The summed E-state index contributed by atoms with van der Waals surface area (Å²) in [5.74, 6) is 0.00389. The van der Waals surface area contributed by atoms with Crippen molar-refractivity contribution >= 4 is 35.2 Å². The number of hydrogen-bond donors (Lipinski definition) is 1.